The van der Waals surface area contributed by atoms with E-state index in [0.29, 0.717) is 25.0 Å². The minimum Gasteiger partial charge on any atom is -0.396 e. The van der Waals surface area contributed by atoms with Crippen molar-refractivity contribution < 1.29 is 9.90 Å². The molecular weight excluding hydrogens is 266 g/mol. The summed E-state index contributed by atoms with van der Waals surface area (Å²) in [6.07, 6.45) is 4.52. The lowest BCUT2D eigenvalue weighted by atomic mass is 10.1. The van der Waals surface area contributed by atoms with E-state index in [-0.39, 0.29) is 11.9 Å². The van der Waals surface area contributed by atoms with E-state index < -0.39 is 0 Å². The maximum absolute atomic E-state index is 11.5. The van der Waals surface area contributed by atoms with Gasteiger partial charge in [0.25, 0.3) is 0 Å². The monoisotopic (exact) mass is 303 g/mol. The van der Waals surface area contributed by atoms with Gasteiger partial charge < -0.3 is 21.9 Å². The van der Waals surface area contributed by atoms with E-state index in [1.54, 1.807) is 0 Å². The van der Waals surface area contributed by atoms with Crippen LogP contribution in [0.2, 0.25) is 0 Å². The highest BCUT2D eigenvalue weighted by molar-refractivity contribution is 5.81. The van der Waals surface area contributed by atoms with Crippen LogP contribution in [-0.4, -0.2) is 36.8 Å². The molecule has 5 nitrogen and oxygen atoms in total. The number of unbranched alkanes of at least 4 members (excludes halogenated alkanes) is 1. The van der Waals surface area contributed by atoms with Crippen molar-refractivity contribution in [2.75, 3.05) is 19.7 Å². The summed E-state index contributed by atoms with van der Waals surface area (Å²) < 4.78 is 0. The summed E-state index contributed by atoms with van der Waals surface area (Å²) in [6, 6.07) is -0.372. The molecule has 0 aromatic carbocycles. The Hall–Kier alpha value is -0.650. The number of nitrogens with two attached hydrogens (primary N) is 2. The number of aliphatic hydroxyl groups excluding tert-OH is 1. The minimum atomic E-state index is -0.372. The molecule has 21 heavy (non-hydrogen) atoms. The van der Waals surface area contributed by atoms with Gasteiger partial charge in [0.1, 0.15) is 0 Å². The standard InChI is InChI=1S/C11H25N3O.C5H12O/c1-9(2)6-8-14-11(15)10(13)5-3-4-7-12;1-5(2)3-4-6/h9-10H,3-8,12-13H2,1-2H3,(H,14,15);5-6H,3-4H2,1-2H3/t10-;/m0./s1. The average Bonchev–Trinajstić information content (AvgIpc) is 2.38. The Morgan fingerprint density at radius 2 is 1.62 bits per heavy atom. The van der Waals surface area contributed by atoms with Gasteiger partial charge in [0.2, 0.25) is 5.91 Å². The van der Waals surface area contributed by atoms with Crippen LogP contribution >= 0.6 is 0 Å². The van der Waals surface area contributed by atoms with E-state index >= 15 is 0 Å². The third kappa shape index (κ3) is 19.4. The lowest BCUT2D eigenvalue weighted by Gasteiger charge is -2.12. The average molecular weight is 303 g/mol. The van der Waals surface area contributed by atoms with Crippen LogP contribution in [0.4, 0.5) is 0 Å². The molecule has 0 fully saturated rings. The molecule has 0 aliphatic carbocycles. The summed E-state index contributed by atoms with van der Waals surface area (Å²) in [5.74, 6) is 1.22. The normalized spacial score (nSPS) is 12.0. The van der Waals surface area contributed by atoms with Crippen molar-refractivity contribution in [2.45, 2.75) is 65.8 Å². The predicted octanol–water partition coefficient (Wildman–Crippen LogP) is 1.63. The molecule has 0 aliphatic heterocycles. The van der Waals surface area contributed by atoms with E-state index in [0.717, 1.165) is 38.6 Å². The van der Waals surface area contributed by atoms with Crippen molar-refractivity contribution in [1.82, 2.24) is 5.32 Å². The molecule has 0 aliphatic rings. The smallest absolute Gasteiger partial charge is 0.236 e. The highest BCUT2D eigenvalue weighted by Crippen LogP contribution is 1.99. The zero-order valence-corrected chi connectivity index (χ0v) is 14.4. The van der Waals surface area contributed by atoms with Crippen LogP contribution < -0.4 is 16.8 Å². The maximum Gasteiger partial charge on any atom is 0.236 e. The molecular formula is C16H37N3O2. The fourth-order valence-electron chi connectivity index (χ4n) is 1.51. The van der Waals surface area contributed by atoms with Gasteiger partial charge in [0.15, 0.2) is 0 Å². The van der Waals surface area contributed by atoms with E-state index in [2.05, 4.69) is 33.0 Å². The SMILES string of the molecule is CC(C)CCNC(=O)[C@@H](N)CCCCN.CC(C)CCO. The van der Waals surface area contributed by atoms with Crippen molar-refractivity contribution in [1.29, 1.82) is 0 Å². The molecule has 128 valence electrons. The Morgan fingerprint density at radius 1 is 1.05 bits per heavy atom. The summed E-state index contributed by atoms with van der Waals surface area (Å²) in [5, 5.41) is 11.1. The molecule has 0 unspecified atom stereocenters. The largest absolute Gasteiger partial charge is 0.396 e. The van der Waals surface area contributed by atoms with Gasteiger partial charge in [-0.1, -0.05) is 34.1 Å². The molecule has 0 bridgehead atoms. The number of rotatable bonds is 10. The zero-order valence-electron chi connectivity index (χ0n) is 14.4. The Bertz CT molecular complexity index is 234. The first kappa shape index (κ1) is 22.6. The van der Waals surface area contributed by atoms with Gasteiger partial charge in [-0.2, -0.15) is 0 Å². The van der Waals surface area contributed by atoms with Crippen LogP contribution in [0.15, 0.2) is 0 Å². The molecule has 0 spiro atoms. The van der Waals surface area contributed by atoms with Crippen molar-refractivity contribution >= 4 is 5.91 Å². The molecule has 0 aromatic heterocycles. The second-order valence-electron chi connectivity index (χ2n) is 6.27. The first-order valence-corrected chi connectivity index (χ1v) is 8.19. The number of hydrogen-bond acceptors (Lipinski definition) is 4. The molecule has 5 heteroatoms. The van der Waals surface area contributed by atoms with Crippen molar-refractivity contribution in [3.63, 3.8) is 0 Å². The topological polar surface area (TPSA) is 101 Å². The minimum absolute atomic E-state index is 0.0346. The molecule has 0 saturated heterocycles. The lowest BCUT2D eigenvalue weighted by molar-refractivity contribution is -0.122. The first-order valence-electron chi connectivity index (χ1n) is 8.19. The third-order valence-corrected chi connectivity index (χ3v) is 3.03. The Balaban J connectivity index is 0. The highest BCUT2D eigenvalue weighted by Gasteiger charge is 2.11. The van der Waals surface area contributed by atoms with Gasteiger partial charge in [0, 0.05) is 13.2 Å². The Labute approximate surface area is 130 Å². The number of hydrogen-bond donors (Lipinski definition) is 4. The van der Waals surface area contributed by atoms with Crippen LogP contribution in [0.25, 0.3) is 0 Å². The van der Waals surface area contributed by atoms with Crippen LogP contribution in [0.1, 0.15) is 59.8 Å². The maximum atomic E-state index is 11.5. The summed E-state index contributed by atoms with van der Waals surface area (Å²) in [7, 11) is 0. The van der Waals surface area contributed by atoms with Gasteiger partial charge in [-0.05, 0) is 44.1 Å². The molecule has 1 amide bonds. The number of carbonyl (C=O) groups is 1. The highest BCUT2D eigenvalue weighted by atomic mass is 16.3. The summed E-state index contributed by atoms with van der Waals surface area (Å²) >= 11 is 0. The molecule has 0 radical (unpaired) electrons. The van der Waals surface area contributed by atoms with Gasteiger partial charge in [0.05, 0.1) is 6.04 Å². The predicted molar refractivity (Wildman–Crippen MR) is 89.9 cm³/mol. The fourth-order valence-corrected chi connectivity index (χ4v) is 1.51. The molecule has 6 N–H and O–H groups in total. The number of nitrogens with one attached hydrogen (secondary N) is 1. The summed E-state index contributed by atoms with van der Waals surface area (Å²) in [5.41, 5.74) is 11.1. The van der Waals surface area contributed by atoms with Crippen LogP contribution in [-0.2, 0) is 4.79 Å². The quantitative estimate of drug-likeness (QED) is 0.461. The lowest BCUT2D eigenvalue weighted by Crippen LogP contribution is -2.41. The third-order valence-electron chi connectivity index (χ3n) is 3.03. The molecule has 0 heterocycles. The Morgan fingerprint density at radius 3 is 2.00 bits per heavy atom. The molecule has 0 aromatic rings. The number of carbonyl (C=O) groups excluding carboxylic acids is 1. The van der Waals surface area contributed by atoms with Crippen LogP contribution in [0, 0.1) is 11.8 Å². The van der Waals surface area contributed by atoms with E-state index in [9.17, 15) is 4.79 Å². The van der Waals surface area contributed by atoms with Crippen LogP contribution in [0.5, 0.6) is 0 Å². The van der Waals surface area contributed by atoms with E-state index in [4.69, 9.17) is 16.6 Å². The van der Waals surface area contributed by atoms with E-state index in [1.807, 2.05) is 0 Å². The van der Waals surface area contributed by atoms with Crippen LogP contribution in [0.3, 0.4) is 0 Å². The Kier molecular flexibility index (Phi) is 17.0. The van der Waals surface area contributed by atoms with Crippen molar-refractivity contribution in [3.8, 4) is 0 Å². The van der Waals surface area contributed by atoms with Gasteiger partial charge in [-0.25, -0.2) is 0 Å². The summed E-state index contributed by atoms with van der Waals surface area (Å²) in [4.78, 5) is 11.5. The zero-order chi connectivity index (χ0) is 16.7. The second kappa shape index (κ2) is 15.7. The second-order valence-corrected chi connectivity index (χ2v) is 6.27. The van der Waals surface area contributed by atoms with Gasteiger partial charge >= 0.3 is 0 Å². The number of aliphatic hydroxyl groups is 1. The van der Waals surface area contributed by atoms with Crippen molar-refractivity contribution in [3.05, 3.63) is 0 Å². The first-order chi connectivity index (χ1) is 9.84. The number of amides is 1. The molecule has 0 rings (SSSR count). The van der Waals surface area contributed by atoms with E-state index in [1.165, 1.54) is 0 Å². The van der Waals surface area contributed by atoms with Crippen molar-refractivity contribution in [2.24, 2.45) is 23.3 Å². The summed E-state index contributed by atoms with van der Waals surface area (Å²) in [6.45, 7) is 10.2. The van der Waals surface area contributed by atoms with Gasteiger partial charge in [-0.3, -0.25) is 4.79 Å². The molecule has 0 saturated carbocycles. The fraction of sp³-hybridized carbons (Fsp3) is 0.938. The molecule has 1 atom stereocenters. The van der Waals surface area contributed by atoms with Gasteiger partial charge in [-0.15, -0.1) is 0 Å².